The van der Waals surface area contributed by atoms with Crippen LogP contribution in [0.4, 0.5) is 0 Å². The highest BCUT2D eigenvalue weighted by Crippen LogP contribution is 2.49. The first-order chi connectivity index (χ1) is 12.1. The Balaban J connectivity index is 1.52. The first kappa shape index (κ1) is 15.3. The van der Waals surface area contributed by atoms with E-state index in [0.29, 0.717) is 23.8 Å². The molecular weight excluding hydrogens is 310 g/mol. The van der Waals surface area contributed by atoms with E-state index < -0.39 is 0 Å². The van der Waals surface area contributed by atoms with Crippen molar-refractivity contribution >= 4 is 16.8 Å². The molecule has 2 aromatic rings. The molecule has 25 heavy (non-hydrogen) atoms. The van der Waals surface area contributed by atoms with Gasteiger partial charge in [-0.15, -0.1) is 0 Å². The van der Waals surface area contributed by atoms with Crippen LogP contribution in [0.3, 0.4) is 0 Å². The summed E-state index contributed by atoms with van der Waals surface area (Å²) in [5.74, 6) is 0.107. The summed E-state index contributed by atoms with van der Waals surface area (Å²) in [4.78, 5) is 20.2. The third kappa shape index (κ3) is 2.30. The van der Waals surface area contributed by atoms with Crippen molar-refractivity contribution in [2.24, 2.45) is 5.41 Å². The largest absolute Gasteiger partial charge is 0.332 e. The number of nitrogens with one attached hydrogen (secondary N) is 1. The van der Waals surface area contributed by atoms with Gasteiger partial charge < -0.3 is 10.2 Å². The van der Waals surface area contributed by atoms with Gasteiger partial charge >= 0.3 is 0 Å². The van der Waals surface area contributed by atoms with Crippen LogP contribution in [0.2, 0.25) is 0 Å². The van der Waals surface area contributed by atoms with E-state index in [-0.39, 0.29) is 11.3 Å². The van der Waals surface area contributed by atoms with Crippen molar-refractivity contribution in [1.82, 2.24) is 15.2 Å². The number of likely N-dealkylation sites (tertiary alicyclic amines) is 1. The van der Waals surface area contributed by atoms with E-state index >= 15 is 0 Å². The Bertz CT molecular complexity index is 835. The van der Waals surface area contributed by atoms with E-state index in [2.05, 4.69) is 22.1 Å². The molecule has 0 unspecified atom stereocenters. The number of benzene rings is 1. The maximum absolute atomic E-state index is 13.4. The van der Waals surface area contributed by atoms with E-state index in [9.17, 15) is 4.79 Å². The van der Waals surface area contributed by atoms with E-state index in [0.717, 1.165) is 23.9 Å². The fourth-order valence-electron chi connectivity index (χ4n) is 5.55. The van der Waals surface area contributed by atoms with Gasteiger partial charge in [0.05, 0.1) is 5.52 Å². The monoisotopic (exact) mass is 335 g/mol. The van der Waals surface area contributed by atoms with Crippen molar-refractivity contribution in [3.63, 3.8) is 0 Å². The van der Waals surface area contributed by atoms with Crippen LogP contribution in [0, 0.1) is 5.41 Å². The Morgan fingerprint density at radius 2 is 2.04 bits per heavy atom. The lowest BCUT2D eigenvalue weighted by atomic mass is 9.71. The summed E-state index contributed by atoms with van der Waals surface area (Å²) < 4.78 is 0. The van der Waals surface area contributed by atoms with Crippen molar-refractivity contribution in [2.75, 3.05) is 6.54 Å². The Morgan fingerprint density at radius 3 is 2.96 bits per heavy atom. The number of amides is 1. The summed E-state index contributed by atoms with van der Waals surface area (Å²) in [5, 5.41) is 4.90. The molecule has 2 aliphatic heterocycles. The molecule has 130 valence electrons. The second-order valence-electron chi connectivity index (χ2n) is 8.27. The second-order valence-corrected chi connectivity index (χ2v) is 8.27. The van der Waals surface area contributed by atoms with Crippen LogP contribution in [0.25, 0.3) is 10.9 Å². The lowest BCUT2D eigenvalue weighted by molar-refractivity contribution is 0.0279. The maximum Gasteiger partial charge on any atom is 0.272 e. The van der Waals surface area contributed by atoms with Crippen molar-refractivity contribution in [3.8, 4) is 0 Å². The Labute approximate surface area is 148 Å². The van der Waals surface area contributed by atoms with Gasteiger partial charge in [-0.05, 0) is 31.4 Å². The number of hydrogen-bond donors (Lipinski definition) is 1. The molecule has 1 aliphatic carbocycles. The van der Waals surface area contributed by atoms with Crippen molar-refractivity contribution in [1.29, 1.82) is 0 Å². The maximum atomic E-state index is 13.4. The van der Waals surface area contributed by atoms with Crippen LogP contribution in [0.5, 0.6) is 0 Å². The highest BCUT2D eigenvalue weighted by molar-refractivity contribution is 5.95. The standard InChI is InChI=1S/C21H25N3O/c1-21-12-15-13-24(19(21)9-5-4-8-18(21)22-15)20(25)17-11-10-14-6-2-3-7-16(14)23-17/h2-3,6-7,10-11,15,18-19,22H,4-5,8-9,12-13H2,1H3/t15-,18-,19+,21-/m0/s1. The van der Waals surface area contributed by atoms with E-state index in [1.165, 1.54) is 25.7 Å². The number of hydrogen-bond acceptors (Lipinski definition) is 3. The van der Waals surface area contributed by atoms with Gasteiger partial charge in [0.25, 0.3) is 5.91 Å². The molecule has 1 N–H and O–H groups in total. The predicted molar refractivity (Wildman–Crippen MR) is 98.5 cm³/mol. The smallest absolute Gasteiger partial charge is 0.272 e. The van der Waals surface area contributed by atoms with Crippen LogP contribution >= 0.6 is 0 Å². The van der Waals surface area contributed by atoms with Crippen molar-refractivity contribution < 1.29 is 4.79 Å². The van der Waals surface area contributed by atoms with E-state index in [1.54, 1.807) is 0 Å². The van der Waals surface area contributed by atoms with Gasteiger partial charge in [0, 0.05) is 35.5 Å². The molecule has 1 amide bonds. The summed E-state index contributed by atoms with van der Waals surface area (Å²) >= 11 is 0. The van der Waals surface area contributed by atoms with Crippen molar-refractivity contribution in [3.05, 3.63) is 42.1 Å². The van der Waals surface area contributed by atoms with Crippen LogP contribution in [-0.4, -0.2) is 40.5 Å². The zero-order valence-corrected chi connectivity index (χ0v) is 14.7. The fourth-order valence-corrected chi connectivity index (χ4v) is 5.55. The number of pyridine rings is 1. The van der Waals surface area contributed by atoms with Crippen LogP contribution < -0.4 is 5.32 Å². The number of carbonyl (C=O) groups excluding carboxylic acids is 1. The van der Waals surface area contributed by atoms with Gasteiger partial charge in [-0.2, -0.15) is 0 Å². The molecule has 4 atom stereocenters. The first-order valence-electron chi connectivity index (χ1n) is 9.58. The SMILES string of the molecule is C[C@@]12C[C@H]3CN(C(=O)c4ccc5ccccc5n4)[C@@H]1CCCC[C@@H]2N3. The number of fused-ring (bicyclic) bond motifs is 2. The van der Waals surface area contributed by atoms with Crippen LogP contribution in [0.1, 0.15) is 49.5 Å². The molecule has 3 heterocycles. The minimum Gasteiger partial charge on any atom is -0.332 e. The molecule has 1 aromatic carbocycles. The summed E-state index contributed by atoms with van der Waals surface area (Å²) in [6, 6.07) is 13.3. The lowest BCUT2D eigenvalue weighted by Crippen LogP contribution is -2.55. The molecule has 3 fully saturated rings. The molecule has 1 aromatic heterocycles. The van der Waals surface area contributed by atoms with Crippen LogP contribution in [0.15, 0.2) is 36.4 Å². The lowest BCUT2D eigenvalue weighted by Gasteiger charge is -2.46. The highest BCUT2D eigenvalue weighted by atomic mass is 16.2. The average molecular weight is 335 g/mol. The topological polar surface area (TPSA) is 45.2 Å². The van der Waals surface area contributed by atoms with E-state index in [1.807, 2.05) is 36.4 Å². The summed E-state index contributed by atoms with van der Waals surface area (Å²) in [5.41, 5.74) is 1.70. The van der Waals surface area contributed by atoms with Gasteiger partial charge in [-0.1, -0.05) is 44.0 Å². The number of nitrogens with zero attached hydrogens (tertiary/aromatic N) is 2. The van der Waals surface area contributed by atoms with Gasteiger partial charge in [0.2, 0.25) is 0 Å². The molecule has 1 saturated carbocycles. The molecule has 3 aliphatic rings. The predicted octanol–water partition coefficient (Wildman–Crippen LogP) is 3.37. The molecule has 2 saturated heterocycles. The third-order valence-corrected chi connectivity index (χ3v) is 6.77. The number of para-hydroxylation sites is 1. The zero-order chi connectivity index (χ0) is 17.0. The number of aromatic nitrogens is 1. The Morgan fingerprint density at radius 1 is 1.20 bits per heavy atom. The molecule has 4 nitrogen and oxygen atoms in total. The summed E-state index contributed by atoms with van der Waals surface area (Å²) in [6.45, 7) is 3.22. The average Bonchev–Trinajstić information content (AvgIpc) is 2.79. The zero-order valence-electron chi connectivity index (χ0n) is 14.7. The van der Waals surface area contributed by atoms with Gasteiger partial charge in [0.1, 0.15) is 5.69 Å². The molecule has 2 bridgehead atoms. The molecule has 0 spiro atoms. The van der Waals surface area contributed by atoms with Gasteiger partial charge in [-0.25, -0.2) is 4.98 Å². The normalized spacial score (nSPS) is 34.1. The Hall–Kier alpha value is -1.94. The quantitative estimate of drug-likeness (QED) is 0.869. The molecular formula is C21H25N3O. The van der Waals surface area contributed by atoms with Gasteiger partial charge in [-0.3, -0.25) is 4.79 Å². The number of piperidine rings is 1. The Kier molecular flexibility index (Phi) is 3.39. The van der Waals surface area contributed by atoms with E-state index in [4.69, 9.17) is 0 Å². The summed E-state index contributed by atoms with van der Waals surface area (Å²) in [6.07, 6.45) is 6.07. The molecule has 5 rings (SSSR count). The van der Waals surface area contributed by atoms with Crippen molar-refractivity contribution in [2.45, 2.75) is 57.2 Å². The highest BCUT2D eigenvalue weighted by Gasteiger charge is 2.55. The van der Waals surface area contributed by atoms with Gasteiger partial charge in [0.15, 0.2) is 0 Å². The third-order valence-electron chi connectivity index (χ3n) is 6.77. The minimum atomic E-state index is 0.107. The molecule has 4 heteroatoms. The fraction of sp³-hybridized carbons (Fsp3) is 0.524. The number of rotatable bonds is 1. The minimum absolute atomic E-state index is 0.107. The van der Waals surface area contributed by atoms with Crippen LogP contribution in [-0.2, 0) is 0 Å². The second kappa shape index (κ2) is 5.53. The summed E-state index contributed by atoms with van der Waals surface area (Å²) in [7, 11) is 0. The first-order valence-corrected chi connectivity index (χ1v) is 9.58. The molecule has 0 radical (unpaired) electrons. The number of carbonyl (C=O) groups is 1.